The molecule has 0 amide bonds. The maximum absolute atomic E-state index is 11.9. The van der Waals surface area contributed by atoms with Gasteiger partial charge in [-0.25, -0.2) is 4.79 Å². The number of esters is 1. The van der Waals surface area contributed by atoms with E-state index in [1.807, 2.05) is 6.08 Å². The van der Waals surface area contributed by atoms with Gasteiger partial charge in [0.05, 0.1) is 5.57 Å². The average Bonchev–Trinajstić information content (AvgIpc) is 2.83. The molecule has 0 spiro atoms. The first-order valence-corrected chi connectivity index (χ1v) is 6.69. The summed E-state index contributed by atoms with van der Waals surface area (Å²) in [5, 5.41) is 9.27. The molecule has 1 saturated carbocycles. The van der Waals surface area contributed by atoms with Gasteiger partial charge in [-0.15, -0.1) is 0 Å². The zero-order valence-corrected chi connectivity index (χ0v) is 10.7. The molecule has 1 heterocycles. The maximum Gasteiger partial charge on any atom is 0.343 e. The Morgan fingerprint density at radius 2 is 1.68 bits per heavy atom. The molecule has 1 aliphatic carbocycles. The molecular weight excluding hydrogens is 240 g/mol. The van der Waals surface area contributed by atoms with Gasteiger partial charge >= 0.3 is 5.97 Å². The van der Waals surface area contributed by atoms with Crippen LogP contribution in [0.1, 0.15) is 37.7 Å². The molecule has 1 aromatic carbocycles. The van der Waals surface area contributed by atoms with E-state index in [1.165, 1.54) is 12.0 Å². The number of carbonyl (C=O) groups excluding carboxylic acids is 1. The zero-order chi connectivity index (χ0) is 13.2. The quantitative estimate of drug-likeness (QED) is 0.617. The smallest absolute Gasteiger partial charge is 0.343 e. The standard InChI is InChI=1S/C16H16O3/c17-13-8-6-12(7-9-13)15-10-14(16(18)19-15)11-4-2-1-3-5-11/h6-10,17H,1-5H2. The van der Waals surface area contributed by atoms with E-state index in [0.717, 1.165) is 36.8 Å². The van der Waals surface area contributed by atoms with Crippen molar-refractivity contribution in [2.45, 2.75) is 32.1 Å². The first-order chi connectivity index (χ1) is 9.24. The van der Waals surface area contributed by atoms with E-state index < -0.39 is 0 Å². The van der Waals surface area contributed by atoms with Crippen LogP contribution in [0.5, 0.6) is 5.75 Å². The van der Waals surface area contributed by atoms with Gasteiger partial charge in [-0.05, 0) is 56.0 Å². The molecule has 0 saturated heterocycles. The minimum absolute atomic E-state index is 0.208. The topological polar surface area (TPSA) is 46.5 Å². The molecule has 0 atom stereocenters. The fourth-order valence-electron chi connectivity index (χ4n) is 2.64. The van der Waals surface area contributed by atoms with Crippen molar-refractivity contribution >= 4 is 11.7 Å². The zero-order valence-electron chi connectivity index (χ0n) is 10.7. The van der Waals surface area contributed by atoms with Crippen LogP contribution < -0.4 is 0 Å². The Hall–Kier alpha value is -2.03. The number of hydrogen-bond acceptors (Lipinski definition) is 3. The number of ether oxygens (including phenoxy) is 1. The minimum Gasteiger partial charge on any atom is -0.508 e. The van der Waals surface area contributed by atoms with Crippen molar-refractivity contribution in [2.24, 2.45) is 0 Å². The van der Waals surface area contributed by atoms with Crippen LogP contribution in [0, 0.1) is 0 Å². The number of allylic oxidation sites excluding steroid dienone is 1. The van der Waals surface area contributed by atoms with E-state index in [-0.39, 0.29) is 11.7 Å². The van der Waals surface area contributed by atoms with E-state index in [0.29, 0.717) is 5.76 Å². The van der Waals surface area contributed by atoms with Crippen molar-refractivity contribution in [2.75, 3.05) is 0 Å². The summed E-state index contributed by atoms with van der Waals surface area (Å²) in [6, 6.07) is 6.69. The monoisotopic (exact) mass is 256 g/mol. The molecule has 0 bridgehead atoms. The summed E-state index contributed by atoms with van der Waals surface area (Å²) >= 11 is 0. The number of phenolic OH excluding ortho intramolecular Hbond substituents is 1. The van der Waals surface area contributed by atoms with Gasteiger partial charge in [0.25, 0.3) is 0 Å². The van der Waals surface area contributed by atoms with Crippen molar-refractivity contribution in [3.05, 3.63) is 47.1 Å². The fraction of sp³-hybridized carbons (Fsp3) is 0.312. The minimum atomic E-state index is -0.236. The van der Waals surface area contributed by atoms with Gasteiger partial charge in [0.15, 0.2) is 0 Å². The van der Waals surface area contributed by atoms with Crippen molar-refractivity contribution in [3.8, 4) is 5.75 Å². The van der Waals surface area contributed by atoms with Crippen LogP contribution in [0.3, 0.4) is 0 Å². The Labute approximate surface area is 112 Å². The van der Waals surface area contributed by atoms with Gasteiger partial charge in [-0.1, -0.05) is 12.0 Å². The van der Waals surface area contributed by atoms with Crippen LogP contribution in [0.4, 0.5) is 0 Å². The Morgan fingerprint density at radius 1 is 1.00 bits per heavy atom. The summed E-state index contributed by atoms with van der Waals surface area (Å²) in [5.41, 5.74) is 2.78. The Bertz CT molecular complexity index is 556. The molecule has 1 aromatic rings. The predicted octanol–water partition coefficient (Wildman–Crippen LogP) is 3.55. The number of hydrogen-bond donors (Lipinski definition) is 1. The summed E-state index contributed by atoms with van der Waals surface area (Å²) < 4.78 is 5.34. The van der Waals surface area contributed by atoms with Gasteiger partial charge in [-0.3, -0.25) is 0 Å². The Kier molecular flexibility index (Phi) is 3.11. The van der Waals surface area contributed by atoms with Crippen molar-refractivity contribution in [1.29, 1.82) is 0 Å². The second-order valence-electron chi connectivity index (χ2n) is 5.02. The van der Waals surface area contributed by atoms with Gasteiger partial charge in [0, 0.05) is 5.56 Å². The molecule has 1 N–H and O–H groups in total. The van der Waals surface area contributed by atoms with Gasteiger partial charge in [0.1, 0.15) is 11.5 Å². The number of aromatic hydroxyl groups is 1. The van der Waals surface area contributed by atoms with Gasteiger partial charge < -0.3 is 9.84 Å². The second kappa shape index (κ2) is 4.92. The SMILES string of the molecule is O=C1OC(c2ccc(O)cc2)=CC1=C1CCCCC1. The lowest BCUT2D eigenvalue weighted by Gasteiger charge is -2.14. The molecule has 98 valence electrons. The number of phenols is 1. The second-order valence-corrected chi connectivity index (χ2v) is 5.02. The number of rotatable bonds is 1. The van der Waals surface area contributed by atoms with Gasteiger partial charge in [0.2, 0.25) is 0 Å². The highest BCUT2D eigenvalue weighted by molar-refractivity contribution is 6.02. The molecule has 3 rings (SSSR count). The van der Waals surface area contributed by atoms with E-state index in [4.69, 9.17) is 4.74 Å². The Morgan fingerprint density at radius 3 is 2.37 bits per heavy atom. The molecular formula is C16H16O3. The molecule has 3 nitrogen and oxygen atoms in total. The van der Waals surface area contributed by atoms with E-state index in [2.05, 4.69) is 0 Å². The third kappa shape index (κ3) is 2.41. The van der Waals surface area contributed by atoms with Crippen molar-refractivity contribution in [1.82, 2.24) is 0 Å². The summed E-state index contributed by atoms with van der Waals surface area (Å²) in [5.74, 6) is 0.553. The average molecular weight is 256 g/mol. The number of carbonyl (C=O) groups is 1. The maximum atomic E-state index is 11.9. The summed E-state index contributed by atoms with van der Waals surface area (Å²) in [6.45, 7) is 0. The first kappa shape index (κ1) is 12.0. The predicted molar refractivity (Wildman–Crippen MR) is 72.3 cm³/mol. The van der Waals surface area contributed by atoms with Crippen LogP contribution in [-0.4, -0.2) is 11.1 Å². The van der Waals surface area contributed by atoms with E-state index in [1.54, 1.807) is 24.3 Å². The van der Waals surface area contributed by atoms with Crippen molar-refractivity contribution < 1.29 is 14.6 Å². The van der Waals surface area contributed by atoms with E-state index in [9.17, 15) is 9.90 Å². The first-order valence-electron chi connectivity index (χ1n) is 6.69. The molecule has 0 unspecified atom stereocenters. The molecule has 0 aromatic heterocycles. The summed E-state index contributed by atoms with van der Waals surface area (Å²) in [7, 11) is 0. The third-order valence-electron chi connectivity index (χ3n) is 3.69. The molecule has 3 heteroatoms. The van der Waals surface area contributed by atoms with Crippen LogP contribution >= 0.6 is 0 Å². The lowest BCUT2D eigenvalue weighted by Crippen LogP contribution is -2.04. The Balaban J connectivity index is 1.92. The van der Waals surface area contributed by atoms with Crippen LogP contribution in [0.2, 0.25) is 0 Å². The molecule has 19 heavy (non-hydrogen) atoms. The largest absolute Gasteiger partial charge is 0.508 e. The van der Waals surface area contributed by atoms with Crippen LogP contribution in [-0.2, 0) is 9.53 Å². The molecule has 0 radical (unpaired) electrons. The summed E-state index contributed by atoms with van der Waals surface area (Å²) in [4.78, 5) is 11.9. The lowest BCUT2D eigenvalue weighted by molar-refractivity contribution is -0.131. The highest BCUT2D eigenvalue weighted by Gasteiger charge is 2.25. The van der Waals surface area contributed by atoms with Gasteiger partial charge in [-0.2, -0.15) is 0 Å². The fourth-order valence-corrected chi connectivity index (χ4v) is 2.64. The number of benzene rings is 1. The molecule has 1 fully saturated rings. The highest BCUT2D eigenvalue weighted by atomic mass is 16.5. The molecule has 2 aliphatic rings. The summed E-state index contributed by atoms with van der Waals surface area (Å²) in [6.07, 6.45) is 7.42. The normalized spacial score (nSPS) is 19.4. The number of cyclic esters (lactones) is 1. The third-order valence-corrected chi connectivity index (χ3v) is 3.69. The van der Waals surface area contributed by atoms with Crippen LogP contribution in [0.15, 0.2) is 41.5 Å². The van der Waals surface area contributed by atoms with E-state index >= 15 is 0 Å². The molecule has 1 aliphatic heterocycles. The highest BCUT2D eigenvalue weighted by Crippen LogP contribution is 2.33. The lowest BCUT2D eigenvalue weighted by atomic mass is 9.91. The van der Waals surface area contributed by atoms with Crippen LogP contribution in [0.25, 0.3) is 5.76 Å². The van der Waals surface area contributed by atoms with Crippen molar-refractivity contribution in [3.63, 3.8) is 0 Å².